The van der Waals surface area contributed by atoms with Crippen LogP contribution in [0.15, 0.2) is 30.6 Å². The number of aromatic nitrogens is 2. The first-order valence-electron chi connectivity index (χ1n) is 8.79. The number of hydrogen-bond donors (Lipinski definition) is 1. The lowest BCUT2D eigenvalue weighted by atomic mass is 10.0. The Kier molecular flexibility index (Phi) is 4.21. The lowest BCUT2D eigenvalue weighted by Gasteiger charge is -2.32. The van der Waals surface area contributed by atoms with Gasteiger partial charge < -0.3 is 19.4 Å². The van der Waals surface area contributed by atoms with Crippen molar-refractivity contribution in [2.45, 2.75) is 44.9 Å². The number of pyridine rings is 1. The molecule has 0 aliphatic carbocycles. The molecular weight excluding hydrogens is 318 g/mol. The van der Waals surface area contributed by atoms with Gasteiger partial charge in [-0.2, -0.15) is 0 Å². The molecule has 1 N–H and O–H groups in total. The molecule has 2 fully saturated rings. The van der Waals surface area contributed by atoms with Crippen molar-refractivity contribution in [3.05, 3.63) is 47.5 Å². The highest BCUT2D eigenvalue weighted by Crippen LogP contribution is 2.33. The molecule has 1 amide bonds. The van der Waals surface area contributed by atoms with E-state index in [2.05, 4.69) is 9.97 Å². The van der Waals surface area contributed by atoms with E-state index >= 15 is 0 Å². The summed E-state index contributed by atoms with van der Waals surface area (Å²) in [5, 5.41) is 0. The Hall–Kier alpha value is -2.34. The molecule has 0 unspecified atom stereocenters. The second kappa shape index (κ2) is 6.52. The predicted octanol–water partition coefficient (Wildman–Crippen LogP) is 2.48. The average Bonchev–Trinajstić information content (AvgIpc) is 3.15. The van der Waals surface area contributed by atoms with Gasteiger partial charge in [0.2, 0.25) is 0 Å². The fourth-order valence-corrected chi connectivity index (χ4v) is 3.94. The van der Waals surface area contributed by atoms with E-state index in [9.17, 15) is 4.79 Å². The fraction of sp³-hybridized carbons (Fsp3) is 0.474. The van der Waals surface area contributed by atoms with Crippen molar-refractivity contribution < 1.29 is 14.3 Å². The molecule has 2 aliphatic heterocycles. The van der Waals surface area contributed by atoms with Gasteiger partial charge in [0, 0.05) is 24.2 Å². The van der Waals surface area contributed by atoms with Gasteiger partial charge in [0.05, 0.1) is 24.3 Å². The highest BCUT2D eigenvalue weighted by molar-refractivity contribution is 5.96. The Balaban J connectivity index is 1.58. The average molecular weight is 341 g/mol. The quantitative estimate of drug-likeness (QED) is 0.931. The number of amides is 1. The standard InChI is InChI=1S/C19H23N3O3/c1-12-9-15(13(2)21-12)19(23)22-11-17(18-16(22)6-4-8-24-18)25-14-5-3-7-20-10-14/h3,5,7,9-10,16-18,21H,4,6,8,11H2,1-2H3/t16-,17-,18+/m1/s1. The van der Waals surface area contributed by atoms with Crippen molar-refractivity contribution in [2.75, 3.05) is 13.2 Å². The van der Waals surface area contributed by atoms with Crippen LogP contribution in [0.5, 0.6) is 5.75 Å². The van der Waals surface area contributed by atoms with Gasteiger partial charge in [0.25, 0.3) is 5.91 Å². The zero-order valence-corrected chi connectivity index (χ0v) is 14.6. The number of ether oxygens (including phenoxy) is 2. The number of H-pyrrole nitrogens is 1. The molecule has 4 heterocycles. The van der Waals surface area contributed by atoms with Crippen molar-refractivity contribution >= 4 is 5.91 Å². The molecule has 2 aromatic heterocycles. The van der Waals surface area contributed by atoms with Crippen LogP contribution in [-0.4, -0.2) is 52.2 Å². The van der Waals surface area contributed by atoms with Gasteiger partial charge in [0.1, 0.15) is 18.0 Å². The first-order valence-corrected chi connectivity index (χ1v) is 8.79. The summed E-state index contributed by atoms with van der Waals surface area (Å²) >= 11 is 0. The third kappa shape index (κ3) is 3.02. The minimum atomic E-state index is -0.168. The van der Waals surface area contributed by atoms with Gasteiger partial charge in [-0.25, -0.2) is 0 Å². The monoisotopic (exact) mass is 341 g/mol. The van der Waals surface area contributed by atoms with Crippen LogP contribution in [0, 0.1) is 13.8 Å². The summed E-state index contributed by atoms with van der Waals surface area (Å²) in [7, 11) is 0. The van der Waals surface area contributed by atoms with Gasteiger partial charge in [-0.05, 0) is 44.9 Å². The van der Waals surface area contributed by atoms with Gasteiger partial charge in [0.15, 0.2) is 0 Å². The highest BCUT2D eigenvalue weighted by atomic mass is 16.5. The van der Waals surface area contributed by atoms with E-state index in [1.165, 1.54) is 0 Å². The molecule has 0 bridgehead atoms. The van der Waals surface area contributed by atoms with Crippen LogP contribution in [-0.2, 0) is 4.74 Å². The molecule has 3 atom stereocenters. The summed E-state index contributed by atoms with van der Waals surface area (Å²) in [6.45, 7) is 5.16. The highest BCUT2D eigenvalue weighted by Gasteiger charge is 2.47. The summed E-state index contributed by atoms with van der Waals surface area (Å²) in [4.78, 5) is 22.4. The molecule has 25 heavy (non-hydrogen) atoms. The molecule has 2 aliphatic rings. The Morgan fingerprint density at radius 2 is 2.32 bits per heavy atom. The third-order valence-corrected chi connectivity index (χ3v) is 5.04. The molecule has 2 saturated heterocycles. The molecule has 6 heteroatoms. The van der Waals surface area contributed by atoms with Gasteiger partial charge in [-0.1, -0.05) is 0 Å². The lowest BCUT2D eigenvalue weighted by molar-refractivity contribution is -0.0447. The molecule has 0 aromatic carbocycles. The van der Waals surface area contributed by atoms with Crippen molar-refractivity contribution in [1.82, 2.24) is 14.9 Å². The molecular formula is C19H23N3O3. The number of carbonyl (C=O) groups is 1. The number of hydrogen-bond acceptors (Lipinski definition) is 4. The van der Waals surface area contributed by atoms with Crippen LogP contribution >= 0.6 is 0 Å². The van der Waals surface area contributed by atoms with Crippen LogP contribution in [0.1, 0.15) is 34.6 Å². The number of nitrogens with zero attached hydrogens (tertiary/aromatic N) is 2. The number of carbonyl (C=O) groups excluding carboxylic acids is 1. The van der Waals surface area contributed by atoms with Crippen molar-refractivity contribution in [3.63, 3.8) is 0 Å². The predicted molar refractivity (Wildman–Crippen MR) is 92.7 cm³/mol. The maximum Gasteiger partial charge on any atom is 0.256 e. The number of fused-ring (bicyclic) bond motifs is 1. The van der Waals surface area contributed by atoms with E-state index in [1.54, 1.807) is 12.4 Å². The summed E-state index contributed by atoms with van der Waals surface area (Å²) in [5.74, 6) is 0.767. The van der Waals surface area contributed by atoms with Crippen LogP contribution in [0.3, 0.4) is 0 Å². The number of nitrogens with one attached hydrogen (secondary N) is 1. The smallest absolute Gasteiger partial charge is 0.256 e. The zero-order chi connectivity index (χ0) is 17.4. The molecule has 132 valence electrons. The summed E-state index contributed by atoms with van der Waals surface area (Å²) in [6, 6.07) is 5.72. The summed E-state index contributed by atoms with van der Waals surface area (Å²) in [6.07, 6.45) is 5.08. The summed E-state index contributed by atoms with van der Waals surface area (Å²) in [5.41, 5.74) is 2.65. The van der Waals surface area contributed by atoms with Crippen molar-refractivity contribution in [2.24, 2.45) is 0 Å². The molecule has 0 spiro atoms. The lowest BCUT2D eigenvalue weighted by Crippen LogP contribution is -2.44. The number of likely N-dealkylation sites (tertiary alicyclic amines) is 1. The van der Waals surface area contributed by atoms with Gasteiger partial charge in [-0.15, -0.1) is 0 Å². The molecule has 4 rings (SSSR count). The van der Waals surface area contributed by atoms with E-state index in [1.807, 2.05) is 36.9 Å². The normalized spacial score (nSPS) is 25.7. The molecule has 6 nitrogen and oxygen atoms in total. The first-order chi connectivity index (χ1) is 12.1. The number of aryl methyl sites for hydroxylation is 2. The molecule has 0 radical (unpaired) electrons. The van der Waals surface area contributed by atoms with Gasteiger partial charge in [-0.3, -0.25) is 9.78 Å². The maximum atomic E-state index is 13.1. The van der Waals surface area contributed by atoms with Crippen LogP contribution in [0.2, 0.25) is 0 Å². The molecule has 2 aromatic rings. The van der Waals surface area contributed by atoms with Crippen LogP contribution in [0.25, 0.3) is 0 Å². The first kappa shape index (κ1) is 16.1. The number of aromatic amines is 1. The van der Waals surface area contributed by atoms with Crippen molar-refractivity contribution in [1.29, 1.82) is 0 Å². The second-order valence-electron chi connectivity index (χ2n) is 6.84. The number of rotatable bonds is 3. The van der Waals surface area contributed by atoms with Crippen molar-refractivity contribution in [3.8, 4) is 5.75 Å². The van der Waals surface area contributed by atoms with Gasteiger partial charge >= 0.3 is 0 Å². The SMILES string of the molecule is Cc1cc(C(=O)N2C[C@@H](Oc3cccnc3)[C@H]3OCCC[C@H]32)c(C)[nH]1. The second-order valence-corrected chi connectivity index (χ2v) is 6.84. The Bertz CT molecular complexity index is 759. The third-order valence-electron chi connectivity index (χ3n) is 5.04. The minimum absolute atomic E-state index is 0.0552. The van der Waals surface area contributed by atoms with Crippen LogP contribution < -0.4 is 4.74 Å². The Morgan fingerprint density at radius 1 is 1.44 bits per heavy atom. The van der Waals surface area contributed by atoms with E-state index in [0.29, 0.717) is 12.3 Å². The van der Waals surface area contributed by atoms with E-state index in [0.717, 1.165) is 36.4 Å². The van der Waals surface area contributed by atoms with Crippen LogP contribution in [0.4, 0.5) is 0 Å². The van der Waals surface area contributed by atoms with E-state index in [4.69, 9.17) is 9.47 Å². The Morgan fingerprint density at radius 3 is 3.04 bits per heavy atom. The largest absolute Gasteiger partial charge is 0.484 e. The minimum Gasteiger partial charge on any atom is -0.484 e. The topological polar surface area (TPSA) is 67.5 Å². The maximum absolute atomic E-state index is 13.1. The van der Waals surface area contributed by atoms with E-state index in [-0.39, 0.29) is 24.2 Å². The molecule has 0 saturated carbocycles. The summed E-state index contributed by atoms with van der Waals surface area (Å²) < 4.78 is 12.1. The Labute approximate surface area is 147 Å². The van der Waals surface area contributed by atoms with E-state index < -0.39 is 0 Å². The fourth-order valence-electron chi connectivity index (χ4n) is 3.94. The zero-order valence-electron chi connectivity index (χ0n) is 14.6.